The molecular weight excluding hydrogens is 343 g/mol. The molecule has 0 spiro atoms. The minimum atomic E-state index is -3.93. The van der Waals surface area contributed by atoms with Gasteiger partial charge in [-0.05, 0) is 11.1 Å². The van der Waals surface area contributed by atoms with E-state index in [4.69, 9.17) is 10.2 Å². The van der Waals surface area contributed by atoms with Gasteiger partial charge in [0.2, 0.25) is 0 Å². The Balaban J connectivity index is 3.31. The zero-order chi connectivity index (χ0) is 13.0. The predicted octanol–water partition coefficient (Wildman–Crippen LogP) is 1.31. The Labute approximate surface area is 103 Å². The minimum absolute atomic E-state index is 0.110. The van der Waals surface area contributed by atoms with Crippen molar-refractivity contribution >= 4 is 31.7 Å². The van der Waals surface area contributed by atoms with Gasteiger partial charge in [0.25, 0.3) is 0 Å². The van der Waals surface area contributed by atoms with Gasteiger partial charge in [-0.2, -0.15) is 0 Å². The Kier molecular flexibility index (Phi) is 4.55. The van der Waals surface area contributed by atoms with Gasteiger partial charge in [0.15, 0.2) is 0 Å². The molecule has 1 aromatic carbocycles. The average molecular weight is 352 g/mol. The molecule has 0 aliphatic carbocycles. The summed E-state index contributed by atoms with van der Waals surface area (Å²) in [4.78, 5) is 21.1. The highest BCUT2D eigenvalue weighted by Gasteiger charge is 2.16. The van der Waals surface area contributed by atoms with E-state index in [-0.39, 0.29) is 14.7 Å². The summed E-state index contributed by atoms with van der Waals surface area (Å²) >= 11 is -3.93. The molecule has 7 heteroatoms. The van der Waals surface area contributed by atoms with Crippen LogP contribution in [0.1, 0.15) is 11.1 Å². The van der Waals surface area contributed by atoms with Crippen molar-refractivity contribution < 1.29 is 25.9 Å². The smallest absolute Gasteiger partial charge is 0.341 e. The van der Waals surface area contributed by atoms with Crippen LogP contribution < -0.4 is 0 Å². The van der Waals surface area contributed by atoms with Crippen molar-refractivity contribution in [3.63, 3.8) is 0 Å². The molecule has 0 saturated heterocycles. The quantitative estimate of drug-likeness (QED) is 0.774. The van der Waals surface area contributed by atoms with E-state index in [2.05, 4.69) is 0 Å². The van der Waals surface area contributed by atoms with Crippen LogP contribution in [0.2, 0.25) is 0 Å². The fraction of sp³-hybridized carbons (Fsp3) is 0.200. The Morgan fingerprint density at radius 3 is 1.71 bits per heavy atom. The van der Waals surface area contributed by atoms with Gasteiger partial charge in [-0.1, -0.05) is 18.2 Å². The van der Waals surface area contributed by atoms with E-state index in [1.54, 1.807) is 0 Å². The summed E-state index contributed by atoms with van der Waals surface area (Å²) in [6.07, 6.45) is -0.859. The monoisotopic (exact) mass is 352 g/mol. The number of rotatable bonds is 5. The third-order valence-corrected chi connectivity index (χ3v) is 4.26. The first-order valence-corrected chi connectivity index (χ1v) is 7.35. The van der Waals surface area contributed by atoms with Gasteiger partial charge in [0.05, 0.1) is 16.4 Å². The number of hydrogen-bond acceptors (Lipinski definition) is 4. The number of aliphatic carboxylic acids is 2. The van der Waals surface area contributed by atoms with Gasteiger partial charge in [-0.25, -0.2) is 6.14 Å². The van der Waals surface area contributed by atoms with Crippen LogP contribution in [0.3, 0.4) is 0 Å². The van der Waals surface area contributed by atoms with Crippen LogP contribution in [-0.2, 0) is 28.6 Å². The first kappa shape index (κ1) is 13.6. The van der Waals surface area contributed by atoms with Gasteiger partial charge < -0.3 is 10.2 Å². The van der Waals surface area contributed by atoms with Crippen LogP contribution in [0, 0.1) is 3.57 Å². The Hall–Kier alpha value is -1.51. The van der Waals surface area contributed by atoms with E-state index >= 15 is 0 Å². The lowest BCUT2D eigenvalue weighted by Crippen LogP contribution is -2.07. The molecule has 6 nitrogen and oxygen atoms in total. The maximum absolute atomic E-state index is 11.1. The molecule has 0 fully saturated rings. The van der Waals surface area contributed by atoms with Crippen molar-refractivity contribution in [3.05, 3.63) is 32.9 Å². The summed E-state index contributed by atoms with van der Waals surface area (Å²) < 4.78 is 22.2. The molecule has 92 valence electrons. The average Bonchev–Trinajstić information content (AvgIpc) is 2.14. The molecule has 1 aromatic rings. The number of carboxylic acid groups (broad SMARTS) is 2. The third kappa shape index (κ3) is 3.77. The summed E-state index contributed by atoms with van der Waals surface area (Å²) in [7, 11) is 0. The summed E-state index contributed by atoms with van der Waals surface area (Å²) in [5, 5.41) is 17.3. The molecule has 0 aliphatic heterocycles. The second-order valence-corrected chi connectivity index (χ2v) is 5.57. The number of carbonyl (C=O) groups is 2. The number of benzene rings is 1. The van der Waals surface area contributed by atoms with Gasteiger partial charge in [-0.3, -0.25) is 9.59 Å². The lowest BCUT2D eigenvalue weighted by molar-refractivity contribution is -0.137. The summed E-state index contributed by atoms with van der Waals surface area (Å²) in [5.41, 5.74) is 0.290. The van der Waals surface area contributed by atoms with E-state index in [0.29, 0.717) is 0 Å². The second-order valence-electron chi connectivity index (χ2n) is 3.25. The molecule has 0 heterocycles. The van der Waals surface area contributed by atoms with Crippen LogP contribution >= 0.6 is 19.8 Å². The van der Waals surface area contributed by atoms with Crippen LogP contribution in [0.15, 0.2) is 18.2 Å². The number of carboxylic acids is 2. The molecule has 1 rings (SSSR count). The van der Waals surface area contributed by atoms with Gasteiger partial charge in [0.1, 0.15) is 0 Å². The topological polar surface area (TPSA) is 109 Å². The van der Waals surface area contributed by atoms with Crippen molar-refractivity contribution in [2.45, 2.75) is 12.8 Å². The number of hydrogen-bond donors (Lipinski definition) is 2. The molecule has 0 saturated carbocycles. The highest BCUT2D eigenvalue weighted by atomic mass is 127. The lowest BCUT2D eigenvalue weighted by atomic mass is 10.1. The molecule has 0 aromatic heterocycles. The molecule has 2 N–H and O–H groups in total. The van der Waals surface area contributed by atoms with Gasteiger partial charge in [-0.15, -0.1) is 0 Å². The molecule has 0 atom stereocenters. The zero-order valence-corrected chi connectivity index (χ0v) is 10.7. The fourth-order valence-electron chi connectivity index (χ4n) is 1.43. The van der Waals surface area contributed by atoms with Crippen molar-refractivity contribution in [3.8, 4) is 0 Å². The Morgan fingerprint density at radius 2 is 1.41 bits per heavy atom. The summed E-state index contributed by atoms with van der Waals surface area (Å²) in [6.45, 7) is 0. The van der Waals surface area contributed by atoms with Crippen LogP contribution in [0.5, 0.6) is 0 Å². The van der Waals surface area contributed by atoms with Crippen LogP contribution in [0.25, 0.3) is 0 Å². The lowest BCUT2D eigenvalue weighted by Gasteiger charge is -2.05. The maximum atomic E-state index is 11.1. The summed E-state index contributed by atoms with van der Waals surface area (Å²) in [5.74, 6) is -2.31. The normalized spacial score (nSPS) is 10.4. The Morgan fingerprint density at radius 1 is 1.00 bits per heavy atom. The SMILES string of the molecule is O=C(O)Cc1cccc(CC(=O)O)c1I(=O)=O. The molecule has 0 aliphatic rings. The second kappa shape index (κ2) is 5.71. The molecular formula is C10H9IO6. The number of halogens is 1. The van der Waals surface area contributed by atoms with Crippen molar-refractivity contribution in [2.24, 2.45) is 0 Å². The summed E-state index contributed by atoms with van der Waals surface area (Å²) in [6, 6.07) is 4.23. The maximum Gasteiger partial charge on any atom is 0.341 e. The van der Waals surface area contributed by atoms with Crippen LogP contribution in [0.4, 0.5) is 0 Å². The first-order valence-electron chi connectivity index (χ1n) is 4.51. The fourth-order valence-corrected chi connectivity index (χ4v) is 3.30. The van der Waals surface area contributed by atoms with E-state index < -0.39 is 44.6 Å². The van der Waals surface area contributed by atoms with E-state index in [1.165, 1.54) is 18.2 Å². The van der Waals surface area contributed by atoms with Crippen molar-refractivity contribution in [2.75, 3.05) is 0 Å². The first-order chi connectivity index (χ1) is 7.91. The molecule has 0 radical (unpaired) electrons. The van der Waals surface area contributed by atoms with Crippen LogP contribution in [-0.4, -0.2) is 22.2 Å². The minimum Gasteiger partial charge on any atom is -0.481 e. The van der Waals surface area contributed by atoms with E-state index in [1.807, 2.05) is 0 Å². The largest absolute Gasteiger partial charge is 0.481 e. The van der Waals surface area contributed by atoms with Crippen molar-refractivity contribution in [1.82, 2.24) is 0 Å². The highest BCUT2D eigenvalue weighted by molar-refractivity contribution is 14.2. The molecule has 17 heavy (non-hydrogen) atoms. The van der Waals surface area contributed by atoms with E-state index in [9.17, 15) is 15.7 Å². The van der Waals surface area contributed by atoms with Crippen molar-refractivity contribution in [1.29, 1.82) is 0 Å². The highest BCUT2D eigenvalue weighted by Crippen LogP contribution is 2.26. The van der Waals surface area contributed by atoms with Gasteiger partial charge in [0, 0.05) is 0 Å². The standard InChI is InChI=1S/C10H9IO6/c12-8(13)4-6-2-1-3-7(5-9(14)15)10(6)11(16)17/h1-3H,4-5H2,(H,12,13)(H,14,15). The third-order valence-electron chi connectivity index (χ3n) is 2.00. The molecule has 0 unspecified atom stereocenters. The van der Waals surface area contributed by atoms with Gasteiger partial charge >= 0.3 is 31.7 Å². The molecule has 0 amide bonds. The van der Waals surface area contributed by atoms with E-state index in [0.717, 1.165) is 0 Å². The predicted molar refractivity (Wildman–Crippen MR) is 63.2 cm³/mol. The molecule has 0 bridgehead atoms. The Bertz CT molecular complexity index is 489. The zero-order valence-electron chi connectivity index (χ0n) is 8.55.